The van der Waals surface area contributed by atoms with E-state index in [2.05, 4.69) is 27.0 Å². The summed E-state index contributed by atoms with van der Waals surface area (Å²) in [6.07, 6.45) is 1.81. The molecule has 0 saturated heterocycles. The SMILES string of the molecule is c1ccc2c(Nc3ccc4[nH]ncc4c3)nc(-c3ccsc3)nc2c1. The van der Waals surface area contributed by atoms with Gasteiger partial charge in [-0.25, -0.2) is 9.97 Å². The standard InChI is InChI=1S/C19H13N5S/c1-2-4-17-15(3-1)19(23-18(22-17)12-7-8-25-11-12)21-14-5-6-16-13(9-14)10-20-24-16/h1-11H,(H,20,24)(H,21,22,23). The molecule has 2 N–H and O–H groups in total. The van der Waals surface area contributed by atoms with Gasteiger partial charge in [0.15, 0.2) is 5.82 Å². The van der Waals surface area contributed by atoms with E-state index in [9.17, 15) is 0 Å². The Morgan fingerprint density at radius 3 is 2.88 bits per heavy atom. The molecule has 0 spiro atoms. The van der Waals surface area contributed by atoms with E-state index in [-0.39, 0.29) is 0 Å². The number of H-pyrrole nitrogens is 1. The van der Waals surface area contributed by atoms with Gasteiger partial charge in [0.05, 0.1) is 17.2 Å². The molecule has 0 radical (unpaired) electrons. The van der Waals surface area contributed by atoms with E-state index < -0.39 is 0 Å². The van der Waals surface area contributed by atoms with Crippen LogP contribution in [0.3, 0.4) is 0 Å². The van der Waals surface area contributed by atoms with E-state index >= 15 is 0 Å². The van der Waals surface area contributed by atoms with Crippen molar-refractivity contribution in [1.29, 1.82) is 0 Å². The molecule has 0 amide bonds. The van der Waals surface area contributed by atoms with Crippen molar-refractivity contribution in [3.05, 3.63) is 65.5 Å². The first-order valence-corrected chi connectivity index (χ1v) is 8.81. The van der Waals surface area contributed by atoms with Crippen LogP contribution >= 0.6 is 11.3 Å². The zero-order valence-corrected chi connectivity index (χ0v) is 13.9. The maximum absolute atomic E-state index is 4.77. The van der Waals surface area contributed by atoms with Gasteiger partial charge in [-0.2, -0.15) is 16.4 Å². The van der Waals surface area contributed by atoms with Crippen molar-refractivity contribution in [2.75, 3.05) is 5.32 Å². The second-order valence-electron chi connectivity index (χ2n) is 5.72. The molecule has 120 valence electrons. The number of hydrogen-bond donors (Lipinski definition) is 2. The summed E-state index contributed by atoms with van der Waals surface area (Å²) < 4.78 is 0. The molecule has 0 aliphatic rings. The third kappa shape index (κ3) is 2.53. The van der Waals surface area contributed by atoms with Gasteiger partial charge >= 0.3 is 0 Å². The number of thiophene rings is 1. The fourth-order valence-corrected chi connectivity index (χ4v) is 3.48. The van der Waals surface area contributed by atoms with Gasteiger partial charge < -0.3 is 5.32 Å². The van der Waals surface area contributed by atoms with E-state index in [1.54, 1.807) is 11.3 Å². The summed E-state index contributed by atoms with van der Waals surface area (Å²) in [6.45, 7) is 0. The van der Waals surface area contributed by atoms with Crippen molar-refractivity contribution >= 4 is 44.6 Å². The number of fused-ring (bicyclic) bond motifs is 2. The third-order valence-electron chi connectivity index (χ3n) is 4.09. The first kappa shape index (κ1) is 14.1. The molecule has 0 saturated carbocycles. The Labute approximate surface area is 147 Å². The van der Waals surface area contributed by atoms with Crippen LogP contribution in [0.2, 0.25) is 0 Å². The van der Waals surface area contributed by atoms with Gasteiger partial charge in [-0.1, -0.05) is 12.1 Å². The summed E-state index contributed by atoms with van der Waals surface area (Å²) in [7, 11) is 0. The second kappa shape index (κ2) is 5.68. The van der Waals surface area contributed by atoms with Gasteiger partial charge in [0.1, 0.15) is 5.82 Å². The van der Waals surface area contributed by atoms with Gasteiger partial charge in [-0.15, -0.1) is 0 Å². The smallest absolute Gasteiger partial charge is 0.163 e. The number of aromatic amines is 1. The van der Waals surface area contributed by atoms with E-state index in [0.29, 0.717) is 0 Å². The maximum Gasteiger partial charge on any atom is 0.163 e. The zero-order chi connectivity index (χ0) is 16.6. The summed E-state index contributed by atoms with van der Waals surface area (Å²) in [5, 5.41) is 16.6. The van der Waals surface area contributed by atoms with Crippen LogP contribution in [-0.4, -0.2) is 20.2 Å². The van der Waals surface area contributed by atoms with Crippen LogP contribution in [0.1, 0.15) is 0 Å². The molecule has 5 aromatic rings. The number of para-hydroxylation sites is 1. The summed E-state index contributed by atoms with van der Waals surface area (Å²) >= 11 is 1.64. The van der Waals surface area contributed by atoms with Gasteiger partial charge in [0, 0.05) is 27.4 Å². The highest BCUT2D eigenvalue weighted by atomic mass is 32.1. The van der Waals surface area contributed by atoms with E-state index in [4.69, 9.17) is 9.97 Å². The largest absolute Gasteiger partial charge is 0.340 e. The van der Waals surface area contributed by atoms with Crippen molar-refractivity contribution in [2.24, 2.45) is 0 Å². The topological polar surface area (TPSA) is 66.5 Å². The molecular formula is C19H13N5S. The van der Waals surface area contributed by atoms with Crippen LogP contribution in [0.5, 0.6) is 0 Å². The van der Waals surface area contributed by atoms with Gasteiger partial charge in [-0.05, 0) is 41.8 Å². The minimum Gasteiger partial charge on any atom is -0.340 e. The van der Waals surface area contributed by atoms with Crippen molar-refractivity contribution in [2.45, 2.75) is 0 Å². The van der Waals surface area contributed by atoms with E-state index in [0.717, 1.165) is 44.7 Å². The molecule has 0 atom stereocenters. The monoisotopic (exact) mass is 343 g/mol. The summed E-state index contributed by atoms with van der Waals surface area (Å²) in [6, 6.07) is 16.2. The second-order valence-corrected chi connectivity index (χ2v) is 6.50. The normalized spacial score (nSPS) is 11.2. The predicted octanol–water partition coefficient (Wildman–Crippen LogP) is 4.98. The highest BCUT2D eigenvalue weighted by Crippen LogP contribution is 2.29. The van der Waals surface area contributed by atoms with Crippen LogP contribution < -0.4 is 5.32 Å². The molecule has 2 aromatic carbocycles. The molecule has 0 unspecified atom stereocenters. The van der Waals surface area contributed by atoms with Gasteiger partial charge in [0.2, 0.25) is 0 Å². The fraction of sp³-hybridized carbons (Fsp3) is 0. The summed E-state index contributed by atoms with van der Waals surface area (Å²) in [5.74, 6) is 1.53. The molecule has 6 heteroatoms. The van der Waals surface area contributed by atoms with Crippen molar-refractivity contribution in [1.82, 2.24) is 20.2 Å². The highest BCUT2D eigenvalue weighted by molar-refractivity contribution is 7.08. The van der Waals surface area contributed by atoms with Crippen LogP contribution in [-0.2, 0) is 0 Å². The fourth-order valence-electron chi connectivity index (χ4n) is 2.85. The van der Waals surface area contributed by atoms with Gasteiger partial charge in [-0.3, -0.25) is 5.10 Å². The van der Waals surface area contributed by atoms with Gasteiger partial charge in [0.25, 0.3) is 0 Å². The molecule has 0 aliphatic carbocycles. The molecule has 3 aromatic heterocycles. The number of benzene rings is 2. The molecule has 0 bridgehead atoms. The van der Waals surface area contributed by atoms with Crippen LogP contribution in [0, 0.1) is 0 Å². The highest BCUT2D eigenvalue weighted by Gasteiger charge is 2.10. The number of nitrogens with one attached hydrogen (secondary N) is 2. The Hall–Kier alpha value is -3.25. The lowest BCUT2D eigenvalue weighted by Crippen LogP contribution is -1.99. The number of aromatic nitrogens is 4. The quantitative estimate of drug-likeness (QED) is 0.485. The average molecular weight is 343 g/mol. The van der Waals surface area contributed by atoms with Crippen LogP contribution in [0.15, 0.2) is 65.5 Å². The van der Waals surface area contributed by atoms with Crippen LogP contribution in [0.4, 0.5) is 11.5 Å². The first-order chi connectivity index (χ1) is 12.4. The third-order valence-corrected chi connectivity index (χ3v) is 4.77. The Morgan fingerprint density at radius 1 is 1.00 bits per heavy atom. The number of hydrogen-bond acceptors (Lipinski definition) is 5. The molecule has 5 nitrogen and oxygen atoms in total. The molecule has 3 heterocycles. The Bertz CT molecular complexity index is 1180. The van der Waals surface area contributed by atoms with Crippen molar-refractivity contribution < 1.29 is 0 Å². The predicted molar refractivity (Wildman–Crippen MR) is 102 cm³/mol. The Kier molecular flexibility index (Phi) is 3.21. The first-order valence-electron chi connectivity index (χ1n) is 7.86. The average Bonchev–Trinajstić information content (AvgIpc) is 3.33. The van der Waals surface area contributed by atoms with Crippen molar-refractivity contribution in [3.63, 3.8) is 0 Å². The molecular weight excluding hydrogens is 330 g/mol. The molecule has 0 fully saturated rings. The minimum atomic E-state index is 0.729. The zero-order valence-electron chi connectivity index (χ0n) is 13.1. The van der Waals surface area contributed by atoms with Crippen molar-refractivity contribution in [3.8, 4) is 11.4 Å². The Morgan fingerprint density at radius 2 is 1.96 bits per heavy atom. The number of rotatable bonds is 3. The number of anilines is 2. The lowest BCUT2D eigenvalue weighted by atomic mass is 10.2. The van der Waals surface area contributed by atoms with E-state index in [1.807, 2.05) is 54.0 Å². The summed E-state index contributed by atoms with van der Waals surface area (Å²) in [5.41, 5.74) is 3.93. The lowest BCUT2D eigenvalue weighted by molar-refractivity contribution is 1.12. The van der Waals surface area contributed by atoms with Crippen LogP contribution in [0.25, 0.3) is 33.2 Å². The maximum atomic E-state index is 4.77. The minimum absolute atomic E-state index is 0.729. The Balaban J connectivity index is 1.65. The summed E-state index contributed by atoms with van der Waals surface area (Å²) in [4.78, 5) is 9.47. The van der Waals surface area contributed by atoms with E-state index in [1.165, 1.54) is 0 Å². The molecule has 0 aliphatic heterocycles. The lowest BCUT2D eigenvalue weighted by Gasteiger charge is -2.10. The molecule has 25 heavy (non-hydrogen) atoms. The number of nitrogens with zero attached hydrogens (tertiary/aromatic N) is 3. The molecule has 5 rings (SSSR count).